The predicted molar refractivity (Wildman–Crippen MR) is 121 cm³/mol. The molecule has 0 fully saturated rings. The van der Waals surface area contributed by atoms with Crippen LogP contribution in [-0.4, -0.2) is 13.2 Å². The topological polar surface area (TPSA) is 22.3 Å². The monoisotopic (exact) mass is 396 g/mol. The highest BCUT2D eigenvalue weighted by Gasteiger charge is 2.14. The molecule has 30 heavy (non-hydrogen) atoms. The molecule has 0 spiro atoms. The second kappa shape index (κ2) is 8.19. The largest absolute Gasteiger partial charge is 0.493 e. The van der Waals surface area contributed by atoms with Crippen molar-refractivity contribution in [2.45, 2.75) is 26.3 Å². The van der Waals surface area contributed by atoms with E-state index in [9.17, 15) is 0 Å². The second-order valence-corrected chi connectivity index (χ2v) is 7.72. The van der Waals surface area contributed by atoms with Crippen molar-refractivity contribution >= 4 is 24.3 Å². The Hall–Kier alpha value is -3.33. The van der Waals surface area contributed by atoms with Crippen LogP contribution in [0.1, 0.15) is 40.6 Å². The highest BCUT2D eigenvalue weighted by molar-refractivity contribution is 5.70. The lowest BCUT2D eigenvalue weighted by Crippen LogP contribution is -2.38. The molecule has 3 heterocycles. The molecule has 2 aliphatic rings. The van der Waals surface area contributed by atoms with E-state index in [1.807, 2.05) is 0 Å². The minimum atomic E-state index is 0.796. The number of hydrogen-bond acceptors (Lipinski definition) is 2. The molecule has 0 N–H and O–H groups in total. The summed E-state index contributed by atoms with van der Waals surface area (Å²) in [5, 5.41) is 0. The highest BCUT2D eigenvalue weighted by atomic mass is 16.5. The van der Waals surface area contributed by atoms with E-state index in [1.165, 1.54) is 33.6 Å². The number of ether oxygens (including phenoxy) is 2. The Bertz CT molecular complexity index is 1060. The number of benzene rings is 2. The van der Waals surface area contributed by atoms with Gasteiger partial charge in [-0.25, -0.2) is 0 Å². The van der Waals surface area contributed by atoms with Gasteiger partial charge in [-0.2, -0.15) is 4.57 Å². The van der Waals surface area contributed by atoms with Crippen LogP contribution in [0.4, 0.5) is 0 Å². The number of aromatic nitrogens is 1. The summed E-state index contributed by atoms with van der Waals surface area (Å²) in [7, 11) is 0. The third-order valence-electron chi connectivity index (χ3n) is 5.79. The molecule has 0 atom stereocenters. The van der Waals surface area contributed by atoms with E-state index in [0.29, 0.717) is 0 Å². The summed E-state index contributed by atoms with van der Waals surface area (Å²) in [6, 6.07) is 19.3. The van der Waals surface area contributed by atoms with Gasteiger partial charge in [0.2, 0.25) is 11.4 Å². The molecular weight excluding hydrogens is 370 g/mol. The molecule has 0 saturated carbocycles. The Kier molecular flexibility index (Phi) is 5.10. The van der Waals surface area contributed by atoms with Crippen LogP contribution < -0.4 is 14.0 Å². The Labute approximate surface area is 177 Å². The van der Waals surface area contributed by atoms with E-state index in [1.54, 1.807) is 0 Å². The SMILES string of the molecule is CC[n+]1c(/C=C/c2ccc3c(c2)CCO3)cccc1/C=C/c1ccc2c(c1)CCO2. The van der Waals surface area contributed by atoms with Crippen LogP contribution >= 0.6 is 0 Å². The minimum absolute atomic E-state index is 0.796. The predicted octanol–water partition coefficient (Wildman–Crippen LogP) is 5.20. The van der Waals surface area contributed by atoms with Crippen molar-refractivity contribution < 1.29 is 14.0 Å². The van der Waals surface area contributed by atoms with Crippen molar-refractivity contribution in [1.29, 1.82) is 0 Å². The van der Waals surface area contributed by atoms with Crippen molar-refractivity contribution in [3.05, 3.63) is 88.2 Å². The lowest BCUT2D eigenvalue weighted by molar-refractivity contribution is -0.696. The van der Waals surface area contributed by atoms with Gasteiger partial charge in [-0.3, -0.25) is 0 Å². The van der Waals surface area contributed by atoms with Crippen molar-refractivity contribution in [3.8, 4) is 11.5 Å². The lowest BCUT2D eigenvalue weighted by atomic mass is 10.1. The van der Waals surface area contributed by atoms with Gasteiger partial charge < -0.3 is 9.47 Å². The number of rotatable bonds is 5. The summed E-state index contributed by atoms with van der Waals surface area (Å²) in [6.07, 6.45) is 10.8. The third-order valence-corrected chi connectivity index (χ3v) is 5.79. The fourth-order valence-corrected chi connectivity index (χ4v) is 4.21. The number of fused-ring (bicyclic) bond motifs is 2. The molecule has 0 aliphatic carbocycles. The molecule has 0 amide bonds. The van der Waals surface area contributed by atoms with Gasteiger partial charge in [-0.05, 0) is 71.7 Å². The normalized spacial score (nSPS) is 14.7. The molecule has 1 aromatic heterocycles. The van der Waals surface area contributed by atoms with Crippen molar-refractivity contribution in [1.82, 2.24) is 0 Å². The Morgan fingerprint density at radius 1 is 0.733 bits per heavy atom. The van der Waals surface area contributed by atoms with Crippen molar-refractivity contribution in [3.63, 3.8) is 0 Å². The Morgan fingerprint density at radius 3 is 1.77 bits per heavy atom. The third kappa shape index (κ3) is 3.76. The van der Waals surface area contributed by atoms with Crippen molar-refractivity contribution in [2.24, 2.45) is 0 Å². The second-order valence-electron chi connectivity index (χ2n) is 7.72. The highest BCUT2D eigenvalue weighted by Crippen LogP contribution is 2.27. The molecule has 0 unspecified atom stereocenters. The zero-order chi connectivity index (χ0) is 20.3. The van der Waals surface area contributed by atoms with Crippen LogP contribution in [0.3, 0.4) is 0 Å². The molecule has 0 saturated heterocycles. The first-order chi connectivity index (χ1) is 14.8. The van der Waals surface area contributed by atoms with Gasteiger partial charge in [0.1, 0.15) is 18.0 Å². The zero-order valence-electron chi connectivity index (χ0n) is 17.3. The van der Waals surface area contributed by atoms with Crippen LogP contribution in [0.2, 0.25) is 0 Å². The van der Waals surface area contributed by atoms with E-state index >= 15 is 0 Å². The summed E-state index contributed by atoms with van der Waals surface area (Å²) in [5.41, 5.74) is 7.41. The molecule has 2 aliphatic heterocycles. The minimum Gasteiger partial charge on any atom is -0.493 e. The maximum absolute atomic E-state index is 5.61. The molecule has 150 valence electrons. The van der Waals surface area contributed by atoms with Gasteiger partial charge in [-0.15, -0.1) is 0 Å². The first-order valence-corrected chi connectivity index (χ1v) is 10.7. The molecular formula is C27H26NO2+. The van der Waals surface area contributed by atoms with Gasteiger partial charge in [0.15, 0.2) is 0 Å². The van der Waals surface area contributed by atoms with Crippen LogP contribution in [0.15, 0.2) is 54.6 Å². The van der Waals surface area contributed by atoms with E-state index in [0.717, 1.165) is 44.1 Å². The molecule has 3 nitrogen and oxygen atoms in total. The van der Waals surface area contributed by atoms with Crippen LogP contribution in [0.5, 0.6) is 11.5 Å². The van der Waals surface area contributed by atoms with Crippen LogP contribution in [0.25, 0.3) is 24.3 Å². The molecule has 3 heteroatoms. The maximum Gasteiger partial charge on any atom is 0.205 e. The molecule has 0 radical (unpaired) electrons. The number of hydrogen-bond donors (Lipinski definition) is 0. The average molecular weight is 397 g/mol. The average Bonchev–Trinajstić information content (AvgIpc) is 3.44. The fourth-order valence-electron chi connectivity index (χ4n) is 4.21. The summed E-state index contributed by atoms with van der Waals surface area (Å²) < 4.78 is 13.6. The Morgan fingerprint density at radius 2 is 1.27 bits per heavy atom. The first kappa shape index (κ1) is 18.7. The zero-order valence-corrected chi connectivity index (χ0v) is 17.3. The van der Waals surface area contributed by atoms with Crippen molar-refractivity contribution in [2.75, 3.05) is 13.2 Å². The maximum atomic E-state index is 5.61. The Balaban J connectivity index is 1.40. The number of pyridine rings is 1. The van der Waals surface area contributed by atoms with Gasteiger partial charge in [0, 0.05) is 37.1 Å². The lowest BCUT2D eigenvalue weighted by Gasteiger charge is -2.03. The quantitative estimate of drug-likeness (QED) is 0.553. The van der Waals surface area contributed by atoms with E-state index in [4.69, 9.17) is 9.47 Å². The van der Waals surface area contributed by atoms with Gasteiger partial charge >= 0.3 is 0 Å². The van der Waals surface area contributed by atoms with Gasteiger partial charge in [0.25, 0.3) is 0 Å². The summed E-state index contributed by atoms with van der Waals surface area (Å²) in [5.74, 6) is 2.06. The molecule has 3 aromatic rings. The number of nitrogens with zero attached hydrogens (tertiary/aromatic N) is 1. The van der Waals surface area contributed by atoms with E-state index in [2.05, 4.69) is 90.4 Å². The summed E-state index contributed by atoms with van der Waals surface area (Å²) in [6.45, 7) is 4.69. The first-order valence-electron chi connectivity index (χ1n) is 10.7. The summed E-state index contributed by atoms with van der Waals surface area (Å²) >= 11 is 0. The smallest absolute Gasteiger partial charge is 0.205 e. The summed E-state index contributed by atoms with van der Waals surface area (Å²) in [4.78, 5) is 0. The van der Waals surface area contributed by atoms with Crippen LogP contribution in [-0.2, 0) is 19.4 Å². The van der Waals surface area contributed by atoms with Gasteiger partial charge in [0.05, 0.1) is 13.2 Å². The van der Waals surface area contributed by atoms with E-state index < -0.39 is 0 Å². The molecule has 2 aromatic carbocycles. The van der Waals surface area contributed by atoms with Crippen LogP contribution in [0, 0.1) is 0 Å². The fraction of sp³-hybridized carbons (Fsp3) is 0.222. The van der Waals surface area contributed by atoms with E-state index in [-0.39, 0.29) is 0 Å². The molecule has 0 bridgehead atoms. The van der Waals surface area contributed by atoms with Gasteiger partial charge in [-0.1, -0.05) is 12.1 Å². The standard InChI is InChI=1S/C27H26NO2/c1-2-28-24(10-6-20-8-12-26-22(18-20)14-16-29-26)4-3-5-25(28)11-7-21-9-13-27-23(19-21)15-17-30-27/h3-13,18-19H,2,14-17H2,1H3/q+1/b10-6+,11-7+. The molecule has 5 rings (SSSR count).